The summed E-state index contributed by atoms with van der Waals surface area (Å²) in [6.07, 6.45) is 0.383. The van der Waals surface area contributed by atoms with Gasteiger partial charge in [0.2, 0.25) is 10.0 Å². The summed E-state index contributed by atoms with van der Waals surface area (Å²) in [4.78, 5) is 0.187. The molecule has 1 aromatic heterocycles. The summed E-state index contributed by atoms with van der Waals surface area (Å²) in [5, 5.41) is 10.3. The lowest BCUT2D eigenvalue weighted by atomic mass is 10.1. The van der Waals surface area contributed by atoms with E-state index in [0.29, 0.717) is 28.2 Å². The maximum atomic E-state index is 13.5. The Morgan fingerprint density at radius 2 is 1.46 bits per heavy atom. The molecule has 0 amide bonds. The van der Waals surface area contributed by atoms with Crippen LogP contribution in [-0.4, -0.2) is 23.2 Å². The van der Waals surface area contributed by atoms with Crippen molar-refractivity contribution in [3.05, 3.63) is 137 Å². The second-order valence-electron chi connectivity index (χ2n) is 9.06. The van der Waals surface area contributed by atoms with E-state index in [2.05, 4.69) is 27.1 Å². The van der Waals surface area contributed by atoms with Gasteiger partial charge in [-0.3, -0.25) is 4.57 Å². The molecule has 0 fully saturated rings. The van der Waals surface area contributed by atoms with Crippen LogP contribution in [0.25, 0.3) is 5.69 Å². The third-order valence-corrected chi connectivity index (χ3v) is 8.95. The third kappa shape index (κ3) is 6.59. The van der Waals surface area contributed by atoms with Gasteiger partial charge in [0.15, 0.2) is 11.0 Å². The van der Waals surface area contributed by atoms with E-state index in [1.54, 1.807) is 30.3 Å². The van der Waals surface area contributed by atoms with Gasteiger partial charge < -0.3 is 0 Å². The number of rotatable bonds is 10. The van der Waals surface area contributed by atoms with Crippen LogP contribution in [0, 0.1) is 6.92 Å². The lowest BCUT2D eigenvalue weighted by molar-refractivity contribution is 0.537. The third-order valence-electron chi connectivity index (χ3n) is 6.23. The molecule has 9 heteroatoms. The minimum absolute atomic E-state index is 0.187. The van der Waals surface area contributed by atoms with E-state index >= 15 is 0 Å². The van der Waals surface area contributed by atoms with Gasteiger partial charge in [-0.2, -0.15) is 0 Å². The molecule has 198 valence electrons. The highest BCUT2D eigenvalue weighted by molar-refractivity contribution is 7.98. The minimum Gasteiger partial charge on any atom is -0.272 e. The fraction of sp³-hybridized carbons (Fsp3) is 0.133. The predicted molar refractivity (Wildman–Crippen MR) is 157 cm³/mol. The monoisotopic (exact) mass is 574 g/mol. The predicted octanol–water partition coefficient (Wildman–Crippen LogP) is 6.78. The van der Waals surface area contributed by atoms with Crippen molar-refractivity contribution in [3.63, 3.8) is 0 Å². The largest absolute Gasteiger partial charge is 0.272 e. The molecular weight excluding hydrogens is 548 g/mol. The first-order valence-corrected chi connectivity index (χ1v) is 15.3. The zero-order valence-electron chi connectivity index (χ0n) is 21.2. The molecule has 5 aromatic rings. The second-order valence-corrected chi connectivity index (χ2v) is 12.2. The molecule has 1 atom stereocenters. The van der Waals surface area contributed by atoms with Crippen LogP contribution in [0.4, 0.5) is 0 Å². The van der Waals surface area contributed by atoms with Gasteiger partial charge in [0.25, 0.3) is 0 Å². The fourth-order valence-corrected chi connectivity index (χ4v) is 6.55. The molecule has 1 N–H and O–H groups in total. The molecule has 6 nitrogen and oxygen atoms in total. The van der Waals surface area contributed by atoms with Gasteiger partial charge >= 0.3 is 0 Å². The molecule has 1 unspecified atom stereocenters. The molecule has 0 bridgehead atoms. The minimum atomic E-state index is -3.85. The number of halogens is 1. The summed E-state index contributed by atoms with van der Waals surface area (Å²) in [6.45, 7) is 1.99. The van der Waals surface area contributed by atoms with Crippen molar-refractivity contribution in [1.29, 1.82) is 0 Å². The zero-order valence-corrected chi connectivity index (χ0v) is 23.6. The molecule has 0 aliphatic carbocycles. The Kier molecular flexibility index (Phi) is 8.47. The van der Waals surface area contributed by atoms with Gasteiger partial charge in [0.05, 0.1) is 16.6 Å². The molecule has 0 saturated carbocycles. The smallest absolute Gasteiger partial charge is 0.241 e. The highest BCUT2D eigenvalue weighted by Crippen LogP contribution is 2.32. The van der Waals surface area contributed by atoms with Gasteiger partial charge in [-0.15, -0.1) is 10.2 Å². The Morgan fingerprint density at radius 3 is 2.13 bits per heavy atom. The number of benzene rings is 4. The van der Waals surface area contributed by atoms with Crippen molar-refractivity contribution < 1.29 is 8.42 Å². The van der Waals surface area contributed by atoms with E-state index in [0.717, 1.165) is 22.4 Å². The average Bonchev–Trinajstić information content (AvgIpc) is 3.38. The van der Waals surface area contributed by atoms with Crippen LogP contribution in [0.1, 0.15) is 28.6 Å². The SMILES string of the molecule is Cc1ccc(Cl)cc1-n1c(SCc2ccccc2)nnc1C(Cc1ccccc1)NS(=O)(=O)c1ccccc1. The summed E-state index contributed by atoms with van der Waals surface area (Å²) in [6, 6.07) is 33.1. The standard InChI is InChI=1S/C30H27ClN4O2S2/c1-22-17-18-25(31)20-28(22)35-29(32-33-30(35)38-21-24-13-7-3-8-14-24)27(19-23-11-5-2-6-12-23)34-39(36,37)26-15-9-4-10-16-26/h2-18,20,27,34H,19,21H2,1H3. The molecule has 1 heterocycles. The van der Waals surface area contributed by atoms with Crippen molar-refractivity contribution >= 4 is 33.4 Å². The van der Waals surface area contributed by atoms with Gasteiger partial charge in [-0.25, -0.2) is 13.1 Å². The molecule has 39 heavy (non-hydrogen) atoms. The van der Waals surface area contributed by atoms with Crippen LogP contribution in [0.5, 0.6) is 0 Å². The number of aryl methyl sites for hydroxylation is 1. The van der Waals surface area contributed by atoms with Crippen LogP contribution in [-0.2, 0) is 22.2 Å². The summed E-state index contributed by atoms with van der Waals surface area (Å²) in [5.74, 6) is 1.16. The Labute approximate surface area is 238 Å². The summed E-state index contributed by atoms with van der Waals surface area (Å²) in [5.41, 5.74) is 3.88. The lowest BCUT2D eigenvalue weighted by Crippen LogP contribution is -2.32. The molecule has 0 spiro atoms. The van der Waals surface area contributed by atoms with E-state index in [1.165, 1.54) is 11.8 Å². The molecule has 5 rings (SSSR count). The topological polar surface area (TPSA) is 76.9 Å². The first-order chi connectivity index (χ1) is 18.9. The van der Waals surface area contributed by atoms with Gasteiger partial charge in [0.1, 0.15) is 0 Å². The molecule has 4 aromatic carbocycles. The van der Waals surface area contributed by atoms with Crippen molar-refractivity contribution in [2.24, 2.45) is 0 Å². The highest BCUT2D eigenvalue weighted by atomic mass is 35.5. The van der Waals surface area contributed by atoms with Crippen LogP contribution in [0.3, 0.4) is 0 Å². The summed E-state index contributed by atoms with van der Waals surface area (Å²) in [7, 11) is -3.85. The molecule has 0 radical (unpaired) electrons. The maximum Gasteiger partial charge on any atom is 0.241 e. The Morgan fingerprint density at radius 1 is 0.846 bits per heavy atom. The maximum absolute atomic E-state index is 13.5. The Hall–Kier alpha value is -3.43. The number of hydrogen-bond donors (Lipinski definition) is 1. The van der Waals surface area contributed by atoms with Crippen LogP contribution < -0.4 is 4.72 Å². The fourth-order valence-electron chi connectivity index (χ4n) is 4.26. The summed E-state index contributed by atoms with van der Waals surface area (Å²) < 4.78 is 31.8. The first-order valence-electron chi connectivity index (χ1n) is 12.4. The molecule has 0 saturated heterocycles. The van der Waals surface area contributed by atoms with Gasteiger partial charge in [0, 0.05) is 10.8 Å². The van der Waals surface area contributed by atoms with E-state index in [-0.39, 0.29) is 4.90 Å². The Bertz CT molecular complexity index is 1640. The van der Waals surface area contributed by atoms with E-state index in [1.807, 2.05) is 78.2 Å². The lowest BCUT2D eigenvalue weighted by Gasteiger charge is -2.21. The highest BCUT2D eigenvalue weighted by Gasteiger charge is 2.28. The zero-order chi connectivity index (χ0) is 27.2. The quantitative estimate of drug-likeness (QED) is 0.186. The second kappa shape index (κ2) is 12.2. The van der Waals surface area contributed by atoms with Crippen LogP contribution >= 0.6 is 23.4 Å². The number of nitrogens with one attached hydrogen (secondary N) is 1. The molecule has 0 aliphatic rings. The van der Waals surface area contributed by atoms with Gasteiger partial charge in [-0.05, 0) is 54.3 Å². The first kappa shape index (κ1) is 27.1. The van der Waals surface area contributed by atoms with Crippen LogP contribution in [0.15, 0.2) is 119 Å². The number of sulfonamides is 1. The number of thioether (sulfide) groups is 1. The van der Waals surface area contributed by atoms with Crippen molar-refractivity contribution in [1.82, 2.24) is 19.5 Å². The molecular formula is C30H27ClN4O2S2. The van der Waals surface area contributed by atoms with Crippen molar-refractivity contribution in [2.45, 2.75) is 35.2 Å². The van der Waals surface area contributed by atoms with E-state index in [9.17, 15) is 8.42 Å². The number of aromatic nitrogens is 3. The van der Waals surface area contributed by atoms with Crippen molar-refractivity contribution in [2.75, 3.05) is 0 Å². The summed E-state index contributed by atoms with van der Waals surface area (Å²) >= 11 is 7.97. The molecule has 0 aliphatic heterocycles. The number of hydrogen-bond acceptors (Lipinski definition) is 5. The number of nitrogens with zero attached hydrogens (tertiary/aromatic N) is 3. The van der Waals surface area contributed by atoms with Crippen molar-refractivity contribution in [3.8, 4) is 5.69 Å². The van der Waals surface area contributed by atoms with E-state index < -0.39 is 16.1 Å². The van der Waals surface area contributed by atoms with Gasteiger partial charge in [-0.1, -0.05) is 108 Å². The Balaban J connectivity index is 1.61. The normalized spacial score (nSPS) is 12.4. The average molecular weight is 575 g/mol. The van der Waals surface area contributed by atoms with E-state index in [4.69, 9.17) is 11.6 Å². The van der Waals surface area contributed by atoms with Crippen LogP contribution in [0.2, 0.25) is 5.02 Å².